The summed E-state index contributed by atoms with van der Waals surface area (Å²) in [6.45, 7) is 1.63. The predicted molar refractivity (Wildman–Crippen MR) is 54.8 cm³/mol. The average Bonchev–Trinajstić information content (AvgIpc) is 2.16. The molecule has 0 unspecified atom stereocenters. The summed E-state index contributed by atoms with van der Waals surface area (Å²) in [4.78, 5) is 9.97. The van der Waals surface area contributed by atoms with Crippen molar-refractivity contribution in [3.05, 3.63) is 33.9 Å². The van der Waals surface area contributed by atoms with E-state index in [-0.39, 0.29) is 11.4 Å². The van der Waals surface area contributed by atoms with E-state index in [4.69, 9.17) is 5.11 Å². The van der Waals surface area contributed by atoms with E-state index in [9.17, 15) is 15.2 Å². The van der Waals surface area contributed by atoms with Crippen LogP contribution in [0.4, 0.5) is 5.69 Å². The summed E-state index contributed by atoms with van der Waals surface area (Å²) >= 11 is 0. The maximum atomic E-state index is 10.5. The minimum atomic E-state index is -0.509. The lowest BCUT2D eigenvalue weighted by Gasteiger charge is -2.05. The monoisotopic (exact) mass is 211 g/mol. The molecule has 1 aromatic rings. The van der Waals surface area contributed by atoms with Gasteiger partial charge in [-0.2, -0.15) is 0 Å². The van der Waals surface area contributed by atoms with Gasteiger partial charge in [-0.1, -0.05) is 0 Å². The topological polar surface area (TPSA) is 83.6 Å². The Morgan fingerprint density at radius 2 is 2.20 bits per heavy atom. The summed E-state index contributed by atoms with van der Waals surface area (Å²) in [6, 6.07) is 3.88. The molecule has 5 heteroatoms. The van der Waals surface area contributed by atoms with E-state index in [1.807, 2.05) is 0 Å². The standard InChI is InChI=1S/C10H13NO4/c1-7(12)2-3-8-6-9(11(14)15)4-5-10(8)13/h4-7,12-13H,2-3H2,1H3/t7-/m1/s1. The number of aliphatic hydroxyl groups excluding tert-OH is 1. The number of nitro groups is 1. The number of nitrogens with zero attached hydrogens (tertiary/aromatic N) is 1. The summed E-state index contributed by atoms with van der Waals surface area (Å²) in [6.07, 6.45) is 0.406. The second-order valence-corrected chi connectivity index (χ2v) is 3.46. The van der Waals surface area contributed by atoms with Crippen LogP contribution < -0.4 is 0 Å². The minimum absolute atomic E-state index is 0.0289. The van der Waals surface area contributed by atoms with Gasteiger partial charge in [0.15, 0.2) is 0 Å². The zero-order chi connectivity index (χ0) is 11.4. The lowest BCUT2D eigenvalue weighted by atomic mass is 10.1. The molecule has 0 spiro atoms. The van der Waals surface area contributed by atoms with Crippen LogP contribution in [0.5, 0.6) is 5.75 Å². The fourth-order valence-corrected chi connectivity index (χ4v) is 1.25. The molecule has 0 aliphatic carbocycles. The van der Waals surface area contributed by atoms with E-state index in [1.165, 1.54) is 18.2 Å². The second-order valence-electron chi connectivity index (χ2n) is 3.46. The fraction of sp³-hybridized carbons (Fsp3) is 0.400. The van der Waals surface area contributed by atoms with Gasteiger partial charge in [-0.3, -0.25) is 10.1 Å². The van der Waals surface area contributed by atoms with Gasteiger partial charge in [0.2, 0.25) is 0 Å². The van der Waals surface area contributed by atoms with E-state index in [0.29, 0.717) is 18.4 Å². The number of rotatable bonds is 4. The van der Waals surface area contributed by atoms with Crippen LogP contribution in [-0.2, 0) is 6.42 Å². The molecule has 0 amide bonds. The van der Waals surface area contributed by atoms with E-state index < -0.39 is 11.0 Å². The van der Waals surface area contributed by atoms with Gasteiger partial charge in [0.1, 0.15) is 5.75 Å². The molecular formula is C10H13NO4. The highest BCUT2D eigenvalue weighted by Gasteiger charge is 2.10. The van der Waals surface area contributed by atoms with Crippen LogP contribution in [-0.4, -0.2) is 21.2 Å². The van der Waals surface area contributed by atoms with Gasteiger partial charge in [-0.15, -0.1) is 0 Å². The molecule has 1 atom stereocenters. The van der Waals surface area contributed by atoms with Crippen molar-refractivity contribution in [1.82, 2.24) is 0 Å². The smallest absolute Gasteiger partial charge is 0.269 e. The summed E-state index contributed by atoms with van der Waals surface area (Å²) in [5.74, 6) is 0.0289. The average molecular weight is 211 g/mol. The summed E-state index contributed by atoms with van der Waals surface area (Å²) in [7, 11) is 0. The third kappa shape index (κ3) is 3.21. The third-order valence-corrected chi connectivity index (χ3v) is 2.11. The van der Waals surface area contributed by atoms with Crippen LogP contribution in [0, 0.1) is 10.1 Å². The highest BCUT2D eigenvalue weighted by molar-refractivity contribution is 5.43. The molecule has 1 rings (SSSR count). The number of phenols is 1. The van der Waals surface area contributed by atoms with Crippen LogP contribution >= 0.6 is 0 Å². The van der Waals surface area contributed by atoms with Crippen molar-refractivity contribution in [2.24, 2.45) is 0 Å². The molecule has 0 saturated carbocycles. The van der Waals surface area contributed by atoms with E-state index in [2.05, 4.69) is 0 Å². The van der Waals surface area contributed by atoms with E-state index in [1.54, 1.807) is 6.92 Å². The fourth-order valence-electron chi connectivity index (χ4n) is 1.25. The molecule has 0 aromatic heterocycles. The maximum Gasteiger partial charge on any atom is 0.269 e. The molecule has 0 saturated heterocycles. The molecule has 0 radical (unpaired) electrons. The van der Waals surface area contributed by atoms with Crippen molar-refractivity contribution < 1.29 is 15.1 Å². The Balaban J connectivity index is 2.85. The highest BCUT2D eigenvalue weighted by Crippen LogP contribution is 2.24. The number of nitro benzene ring substituents is 1. The first-order valence-corrected chi connectivity index (χ1v) is 4.65. The Morgan fingerprint density at radius 1 is 1.53 bits per heavy atom. The number of hydrogen-bond acceptors (Lipinski definition) is 4. The molecule has 1 aromatic carbocycles. The lowest BCUT2D eigenvalue weighted by Crippen LogP contribution is -2.02. The van der Waals surface area contributed by atoms with Gasteiger partial charge >= 0.3 is 0 Å². The largest absolute Gasteiger partial charge is 0.508 e. The molecule has 0 fully saturated rings. The molecular weight excluding hydrogens is 198 g/mol. The van der Waals surface area contributed by atoms with Gasteiger partial charge in [0.05, 0.1) is 11.0 Å². The Labute approximate surface area is 87.1 Å². The Bertz CT molecular complexity index is 362. The first-order valence-electron chi connectivity index (χ1n) is 4.65. The number of aromatic hydroxyl groups is 1. The van der Waals surface area contributed by atoms with Crippen LogP contribution in [0.1, 0.15) is 18.9 Å². The Kier molecular flexibility index (Phi) is 3.62. The molecule has 0 heterocycles. The van der Waals surface area contributed by atoms with E-state index in [0.717, 1.165) is 0 Å². The summed E-state index contributed by atoms with van der Waals surface area (Å²) in [5, 5.41) is 29.0. The quantitative estimate of drug-likeness (QED) is 0.585. The summed E-state index contributed by atoms with van der Waals surface area (Å²) in [5.41, 5.74) is 0.443. The number of phenolic OH excluding ortho intramolecular Hbond substituents is 1. The second kappa shape index (κ2) is 4.75. The number of hydrogen-bond donors (Lipinski definition) is 2. The van der Waals surface area contributed by atoms with Crippen LogP contribution in [0.25, 0.3) is 0 Å². The third-order valence-electron chi connectivity index (χ3n) is 2.11. The molecule has 2 N–H and O–H groups in total. The summed E-state index contributed by atoms with van der Waals surface area (Å²) < 4.78 is 0. The van der Waals surface area contributed by atoms with Crippen molar-refractivity contribution in [3.63, 3.8) is 0 Å². The van der Waals surface area contributed by atoms with Crippen LogP contribution in [0.2, 0.25) is 0 Å². The first kappa shape index (κ1) is 11.5. The van der Waals surface area contributed by atoms with E-state index >= 15 is 0 Å². The minimum Gasteiger partial charge on any atom is -0.508 e. The molecule has 5 nitrogen and oxygen atoms in total. The number of benzene rings is 1. The van der Waals surface area contributed by atoms with Crippen molar-refractivity contribution in [2.45, 2.75) is 25.9 Å². The molecule has 82 valence electrons. The van der Waals surface area contributed by atoms with Gasteiger partial charge in [0.25, 0.3) is 5.69 Å². The van der Waals surface area contributed by atoms with Crippen molar-refractivity contribution in [1.29, 1.82) is 0 Å². The lowest BCUT2D eigenvalue weighted by molar-refractivity contribution is -0.384. The first-order chi connectivity index (χ1) is 7.00. The van der Waals surface area contributed by atoms with Crippen molar-refractivity contribution >= 4 is 5.69 Å². The maximum absolute atomic E-state index is 10.5. The molecule has 0 bridgehead atoms. The normalized spacial score (nSPS) is 12.4. The molecule has 15 heavy (non-hydrogen) atoms. The Morgan fingerprint density at radius 3 is 2.73 bits per heavy atom. The van der Waals surface area contributed by atoms with Crippen LogP contribution in [0.3, 0.4) is 0 Å². The predicted octanol–water partition coefficient (Wildman–Crippen LogP) is 1.61. The number of aliphatic hydroxyl groups is 1. The van der Waals surface area contributed by atoms with Gasteiger partial charge in [0, 0.05) is 17.7 Å². The number of non-ortho nitro benzene ring substituents is 1. The Hall–Kier alpha value is -1.62. The van der Waals surface area contributed by atoms with Gasteiger partial charge < -0.3 is 10.2 Å². The molecule has 0 aliphatic heterocycles. The molecule has 0 aliphatic rings. The number of aryl methyl sites for hydroxylation is 1. The SMILES string of the molecule is C[C@@H](O)CCc1cc([N+](=O)[O-])ccc1O. The van der Waals surface area contributed by atoms with Gasteiger partial charge in [-0.05, 0) is 25.8 Å². The zero-order valence-electron chi connectivity index (χ0n) is 8.38. The van der Waals surface area contributed by atoms with Crippen molar-refractivity contribution in [2.75, 3.05) is 0 Å². The van der Waals surface area contributed by atoms with Crippen molar-refractivity contribution in [3.8, 4) is 5.75 Å². The van der Waals surface area contributed by atoms with Gasteiger partial charge in [-0.25, -0.2) is 0 Å². The van der Waals surface area contributed by atoms with Crippen LogP contribution in [0.15, 0.2) is 18.2 Å². The highest BCUT2D eigenvalue weighted by atomic mass is 16.6. The zero-order valence-corrected chi connectivity index (χ0v) is 8.38.